The van der Waals surface area contributed by atoms with E-state index in [0.29, 0.717) is 0 Å². The standard InChI is InChI=1S/C14H14F3NO5/c15-14(16,17)9-1-3-10(4-2-9)23-8-12(19)18-5-6-22-11(7-18)13(20)21/h1-4,11H,5-8H2,(H,20,21). The van der Waals surface area contributed by atoms with E-state index < -0.39 is 36.3 Å². The van der Waals surface area contributed by atoms with Gasteiger partial charge in [0.25, 0.3) is 5.91 Å². The molecular weight excluding hydrogens is 319 g/mol. The first-order valence-electron chi connectivity index (χ1n) is 6.69. The fraction of sp³-hybridized carbons (Fsp3) is 0.429. The lowest BCUT2D eigenvalue weighted by molar-refractivity contribution is -0.160. The molecule has 1 aliphatic heterocycles. The first-order valence-corrected chi connectivity index (χ1v) is 6.69. The maximum absolute atomic E-state index is 12.4. The van der Waals surface area contributed by atoms with Gasteiger partial charge in [-0.2, -0.15) is 13.2 Å². The summed E-state index contributed by atoms with van der Waals surface area (Å²) in [7, 11) is 0. The van der Waals surface area contributed by atoms with Gasteiger partial charge in [0.05, 0.1) is 18.7 Å². The SMILES string of the molecule is O=C(O)C1CN(C(=O)COc2ccc(C(F)(F)F)cc2)CCO1. The monoisotopic (exact) mass is 333 g/mol. The van der Waals surface area contributed by atoms with Crippen molar-refractivity contribution in [2.75, 3.05) is 26.3 Å². The van der Waals surface area contributed by atoms with E-state index in [9.17, 15) is 22.8 Å². The number of alkyl halides is 3. The molecular formula is C14H14F3NO5. The molecule has 0 radical (unpaired) electrons. The van der Waals surface area contributed by atoms with Gasteiger partial charge in [0.2, 0.25) is 0 Å². The summed E-state index contributed by atoms with van der Waals surface area (Å²) in [5.41, 5.74) is -0.811. The summed E-state index contributed by atoms with van der Waals surface area (Å²) in [5, 5.41) is 8.85. The Morgan fingerprint density at radius 3 is 2.52 bits per heavy atom. The maximum atomic E-state index is 12.4. The third-order valence-electron chi connectivity index (χ3n) is 3.24. The van der Waals surface area contributed by atoms with Gasteiger partial charge in [-0.3, -0.25) is 4.79 Å². The van der Waals surface area contributed by atoms with Crippen molar-refractivity contribution in [2.24, 2.45) is 0 Å². The molecule has 0 aliphatic carbocycles. The summed E-state index contributed by atoms with van der Waals surface area (Å²) < 4.78 is 47.4. The average Bonchev–Trinajstić information content (AvgIpc) is 2.52. The van der Waals surface area contributed by atoms with Crippen LogP contribution in [0.3, 0.4) is 0 Å². The Hall–Kier alpha value is -2.29. The van der Waals surface area contributed by atoms with Crippen LogP contribution < -0.4 is 4.74 Å². The van der Waals surface area contributed by atoms with Crippen molar-refractivity contribution in [3.05, 3.63) is 29.8 Å². The summed E-state index contributed by atoms with van der Waals surface area (Å²) in [6.07, 6.45) is -5.52. The minimum atomic E-state index is -4.44. The van der Waals surface area contributed by atoms with Crippen molar-refractivity contribution in [2.45, 2.75) is 12.3 Å². The Morgan fingerprint density at radius 1 is 1.30 bits per heavy atom. The molecule has 1 fully saturated rings. The zero-order valence-corrected chi connectivity index (χ0v) is 11.9. The van der Waals surface area contributed by atoms with Crippen LogP contribution >= 0.6 is 0 Å². The molecule has 0 bridgehead atoms. The molecule has 0 aromatic heterocycles. The van der Waals surface area contributed by atoms with E-state index in [4.69, 9.17) is 14.6 Å². The number of amides is 1. The largest absolute Gasteiger partial charge is 0.484 e. The van der Waals surface area contributed by atoms with Crippen LogP contribution in [0, 0.1) is 0 Å². The number of hydrogen-bond acceptors (Lipinski definition) is 4. The summed E-state index contributed by atoms with van der Waals surface area (Å²) in [6, 6.07) is 3.95. The van der Waals surface area contributed by atoms with Gasteiger partial charge in [-0.1, -0.05) is 0 Å². The molecule has 1 aromatic rings. The molecule has 1 unspecified atom stereocenters. The van der Waals surface area contributed by atoms with Crippen molar-refractivity contribution in [3.63, 3.8) is 0 Å². The topological polar surface area (TPSA) is 76.1 Å². The average molecular weight is 333 g/mol. The number of hydrogen-bond donors (Lipinski definition) is 1. The van der Waals surface area contributed by atoms with Crippen LogP contribution in [0.1, 0.15) is 5.56 Å². The van der Waals surface area contributed by atoms with Gasteiger partial charge in [0.15, 0.2) is 12.7 Å². The van der Waals surface area contributed by atoms with E-state index >= 15 is 0 Å². The zero-order chi connectivity index (χ0) is 17.0. The molecule has 1 aromatic carbocycles. The molecule has 1 amide bonds. The van der Waals surface area contributed by atoms with E-state index in [0.717, 1.165) is 24.3 Å². The van der Waals surface area contributed by atoms with Gasteiger partial charge in [0, 0.05) is 6.54 Å². The van der Waals surface area contributed by atoms with Crippen LogP contribution in [0.15, 0.2) is 24.3 Å². The van der Waals surface area contributed by atoms with Crippen molar-refractivity contribution >= 4 is 11.9 Å². The Balaban J connectivity index is 1.88. The van der Waals surface area contributed by atoms with Crippen LogP contribution in [0.5, 0.6) is 5.75 Å². The molecule has 1 atom stereocenters. The van der Waals surface area contributed by atoms with E-state index in [1.54, 1.807) is 0 Å². The number of carboxylic acid groups (broad SMARTS) is 1. The highest BCUT2D eigenvalue weighted by Crippen LogP contribution is 2.30. The molecule has 1 heterocycles. The van der Waals surface area contributed by atoms with Crippen LogP contribution in [-0.2, 0) is 20.5 Å². The number of aliphatic carboxylic acids is 1. The number of morpholine rings is 1. The molecule has 0 saturated carbocycles. The van der Waals surface area contributed by atoms with E-state index in [1.807, 2.05) is 0 Å². The number of ether oxygens (including phenoxy) is 2. The molecule has 1 N–H and O–H groups in total. The Kier molecular flexibility index (Phi) is 5.09. The number of rotatable bonds is 4. The van der Waals surface area contributed by atoms with Gasteiger partial charge in [-0.15, -0.1) is 0 Å². The van der Waals surface area contributed by atoms with Crippen molar-refractivity contribution in [1.82, 2.24) is 4.90 Å². The number of nitrogens with zero attached hydrogens (tertiary/aromatic N) is 1. The Bertz CT molecular complexity index is 573. The van der Waals surface area contributed by atoms with Gasteiger partial charge >= 0.3 is 12.1 Å². The second kappa shape index (κ2) is 6.86. The molecule has 6 nitrogen and oxygen atoms in total. The second-order valence-corrected chi connectivity index (χ2v) is 4.85. The lowest BCUT2D eigenvalue weighted by Crippen LogP contribution is -2.49. The quantitative estimate of drug-likeness (QED) is 0.901. The summed E-state index contributed by atoms with van der Waals surface area (Å²) in [4.78, 5) is 24.1. The first kappa shape index (κ1) is 17.1. The number of benzene rings is 1. The van der Waals surface area contributed by atoms with Crippen LogP contribution in [0.25, 0.3) is 0 Å². The number of carbonyl (C=O) groups is 2. The molecule has 126 valence electrons. The fourth-order valence-electron chi connectivity index (χ4n) is 2.00. The van der Waals surface area contributed by atoms with Crippen molar-refractivity contribution in [3.8, 4) is 5.75 Å². The maximum Gasteiger partial charge on any atom is 0.416 e. The predicted octanol–water partition coefficient (Wildman–Crippen LogP) is 1.40. The molecule has 1 saturated heterocycles. The highest BCUT2D eigenvalue weighted by atomic mass is 19.4. The minimum Gasteiger partial charge on any atom is -0.484 e. The van der Waals surface area contributed by atoms with E-state index in [2.05, 4.69) is 0 Å². The molecule has 23 heavy (non-hydrogen) atoms. The zero-order valence-electron chi connectivity index (χ0n) is 11.9. The predicted molar refractivity (Wildman–Crippen MR) is 70.9 cm³/mol. The normalized spacial score (nSPS) is 18.6. The van der Waals surface area contributed by atoms with Crippen LogP contribution in [0.4, 0.5) is 13.2 Å². The summed E-state index contributed by atoms with van der Waals surface area (Å²) in [6.45, 7) is -0.149. The van der Waals surface area contributed by atoms with Gasteiger partial charge in [-0.25, -0.2) is 4.79 Å². The smallest absolute Gasteiger partial charge is 0.416 e. The first-order chi connectivity index (χ1) is 10.8. The fourth-order valence-corrected chi connectivity index (χ4v) is 2.00. The van der Waals surface area contributed by atoms with E-state index in [-0.39, 0.29) is 25.4 Å². The Labute approximate surface area is 129 Å². The highest BCUT2D eigenvalue weighted by Gasteiger charge is 2.30. The number of carboxylic acids is 1. The van der Waals surface area contributed by atoms with Gasteiger partial charge < -0.3 is 19.5 Å². The number of halogens is 3. The minimum absolute atomic E-state index is 0.0927. The van der Waals surface area contributed by atoms with Crippen molar-refractivity contribution < 1.29 is 37.3 Å². The number of carbonyl (C=O) groups excluding carboxylic acids is 1. The van der Waals surface area contributed by atoms with Gasteiger partial charge in [0.1, 0.15) is 5.75 Å². The second-order valence-electron chi connectivity index (χ2n) is 4.85. The molecule has 0 spiro atoms. The van der Waals surface area contributed by atoms with Crippen LogP contribution in [-0.4, -0.2) is 54.3 Å². The highest BCUT2D eigenvalue weighted by molar-refractivity contribution is 5.79. The van der Waals surface area contributed by atoms with Crippen molar-refractivity contribution in [1.29, 1.82) is 0 Å². The summed E-state index contributed by atoms with van der Waals surface area (Å²) >= 11 is 0. The Morgan fingerprint density at radius 2 is 1.96 bits per heavy atom. The summed E-state index contributed by atoms with van der Waals surface area (Å²) in [5.74, 6) is -1.50. The van der Waals surface area contributed by atoms with Crippen LogP contribution in [0.2, 0.25) is 0 Å². The molecule has 9 heteroatoms. The third-order valence-corrected chi connectivity index (χ3v) is 3.24. The molecule has 1 aliphatic rings. The van der Waals surface area contributed by atoms with Gasteiger partial charge in [-0.05, 0) is 24.3 Å². The molecule has 2 rings (SSSR count). The lowest BCUT2D eigenvalue weighted by atomic mass is 10.2. The lowest BCUT2D eigenvalue weighted by Gasteiger charge is -2.30. The van der Waals surface area contributed by atoms with E-state index in [1.165, 1.54) is 4.90 Å². The third kappa shape index (κ3) is 4.59.